The summed E-state index contributed by atoms with van der Waals surface area (Å²) in [6.45, 7) is -0.430. The number of ether oxygens (including phenoxy) is 1. The number of aromatic amines is 1. The SMILES string of the molecule is N#Cc1c(-c2ccc(Br)cc2)cc(-c2ccc(OCC(=O)O)cc2)[nH]c1=O. The number of hydrogen-bond acceptors (Lipinski definition) is 4. The summed E-state index contributed by atoms with van der Waals surface area (Å²) in [6.07, 6.45) is 0. The van der Waals surface area contributed by atoms with Gasteiger partial charge in [-0.2, -0.15) is 5.26 Å². The standard InChI is InChI=1S/C20H13BrN2O4/c21-14-5-1-12(2-6-14)16-9-18(23-20(26)17(16)10-22)13-3-7-15(8-4-13)27-11-19(24)25/h1-9H,11H2,(H,23,26)(H,24,25). The number of carboxylic acid groups (broad SMARTS) is 1. The highest BCUT2D eigenvalue weighted by Gasteiger charge is 2.12. The van der Waals surface area contributed by atoms with E-state index in [1.54, 1.807) is 30.3 Å². The maximum atomic E-state index is 12.4. The van der Waals surface area contributed by atoms with Crippen molar-refractivity contribution in [3.63, 3.8) is 0 Å². The summed E-state index contributed by atoms with van der Waals surface area (Å²) < 4.78 is 6.00. The van der Waals surface area contributed by atoms with Crippen LogP contribution in [0.15, 0.2) is 63.9 Å². The van der Waals surface area contributed by atoms with E-state index in [2.05, 4.69) is 20.9 Å². The van der Waals surface area contributed by atoms with Crippen molar-refractivity contribution in [1.82, 2.24) is 4.98 Å². The van der Waals surface area contributed by atoms with Crippen molar-refractivity contribution in [3.05, 3.63) is 75.0 Å². The van der Waals surface area contributed by atoms with Crippen molar-refractivity contribution in [3.8, 4) is 34.2 Å². The predicted octanol–water partition coefficient (Wildman–Crippen LogP) is 3.81. The van der Waals surface area contributed by atoms with Gasteiger partial charge in [0, 0.05) is 15.7 Å². The van der Waals surface area contributed by atoms with Gasteiger partial charge in [0.15, 0.2) is 6.61 Å². The van der Waals surface area contributed by atoms with E-state index in [0.717, 1.165) is 10.0 Å². The Bertz CT molecular complexity index is 1080. The maximum absolute atomic E-state index is 12.4. The van der Waals surface area contributed by atoms with Gasteiger partial charge in [-0.3, -0.25) is 4.79 Å². The lowest BCUT2D eigenvalue weighted by molar-refractivity contribution is -0.139. The highest BCUT2D eigenvalue weighted by molar-refractivity contribution is 9.10. The van der Waals surface area contributed by atoms with Crippen molar-refractivity contribution < 1.29 is 14.6 Å². The predicted molar refractivity (Wildman–Crippen MR) is 103 cm³/mol. The van der Waals surface area contributed by atoms with E-state index in [1.807, 2.05) is 30.3 Å². The minimum absolute atomic E-state index is 0.0440. The number of aliphatic carboxylic acids is 1. The lowest BCUT2D eigenvalue weighted by atomic mass is 9.99. The van der Waals surface area contributed by atoms with Gasteiger partial charge in [0.05, 0.1) is 0 Å². The summed E-state index contributed by atoms with van der Waals surface area (Å²) in [5.41, 5.74) is 2.11. The van der Waals surface area contributed by atoms with Crippen LogP contribution in [0.2, 0.25) is 0 Å². The number of rotatable bonds is 5. The quantitative estimate of drug-likeness (QED) is 0.647. The lowest BCUT2D eigenvalue weighted by Gasteiger charge is -2.09. The molecule has 3 rings (SSSR count). The smallest absolute Gasteiger partial charge is 0.341 e. The molecule has 0 atom stereocenters. The van der Waals surface area contributed by atoms with Crippen molar-refractivity contribution in [2.24, 2.45) is 0 Å². The van der Waals surface area contributed by atoms with Crippen LogP contribution in [0.25, 0.3) is 22.4 Å². The minimum atomic E-state index is -1.06. The fourth-order valence-corrected chi connectivity index (χ4v) is 2.82. The first-order chi connectivity index (χ1) is 13.0. The first kappa shape index (κ1) is 18.4. The number of nitrogens with one attached hydrogen (secondary N) is 1. The first-order valence-electron chi connectivity index (χ1n) is 7.86. The Kier molecular flexibility index (Phi) is 5.38. The van der Waals surface area contributed by atoms with E-state index >= 15 is 0 Å². The molecule has 0 bridgehead atoms. The molecule has 0 aliphatic carbocycles. The molecular formula is C20H13BrN2O4. The van der Waals surface area contributed by atoms with Crippen LogP contribution in [0.1, 0.15) is 5.56 Å². The molecule has 27 heavy (non-hydrogen) atoms. The Labute approximate surface area is 162 Å². The number of halogens is 1. The van der Waals surface area contributed by atoms with Gasteiger partial charge in [0.1, 0.15) is 17.4 Å². The molecule has 2 aromatic carbocycles. The van der Waals surface area contributed by atoms with E-state index < -0.39 is 18.1 Å². The summed E-state index contributed by atoms with van der Waals surface area (Å²) in [4.78, 5) is 25.6. The molecule has 0 unspecified atom stereocenters. The Balaban J connectivity index is 2.02. The summed E-state index contributed by atoms with van der Waals surface area (Å²) in [6, 6.07) is 17.7. The van der Waals surface area contributed by atoms with Gasteiger partial charge < -0.3 is 14.8 Å². The molecule has 0 aliphatic heterocycles. The fourth-order valence-electron chi connectivity index (χ4n) is 2.56. The molecule has 1 aromatic heterocycles. The van der Waals surface area contributed by atoms with Crippen LogP contribution in [0.3, 0.4) is 0 Å². The lowest BCUT2D eigenvalue weighted by Crippen LogP contribution is -2.12. The van der Waals surface area contributed by atoms with Crippen LogP contribution in [-0.2, 0) is 4.79 Å². The Morgan fingerprint density at radius 2 is 1.74 bits per heavy atom. The van der Waals surface area contributed by atoms with E-state index in [1.165, 1.54) is 0 Å². The van der Waals surface area contributed by atoms with E-state index in [0.29, 0.717) is 22.6 Å². The minimum Gasteiger partial charge on any atom is -0.482 e. The van der Waals surface area contributed by atoms with Gasteiger partial charge in [-0.05, 0) is 53.6 Å². The van der Waals surface area contributed by atoms with Gasteiger partial charge in [-0.15, -0.1) is 0 Å². The summed E-state index contributed by atoms with van der Waals surface area (Å²) in [5, 5.41) is 18.0. The number of benzene rings is 2. The van der Waals surface area contributed by atoms with Gasteiger partial charge in [-0.1, -0.05) is 28.1 Å². The molecule has 2 N–H and O–H groups in total. The molecule has 134 valence electrons. The van der Waals surface area contributed by atoms with Gasteiger partial charge in [0.2, 0.25) is 0 Å². The third-order valence-corrected chi connectivity index (χ3v) is 4.36. The number of H-pyrrole nitrogens is 1. The summed E-state index contributed by atoms with van der Waals surface area (Å²) >= 11 is 3.37. The number of hydrogen-bond donors (Lipinski definition) is 2. The monoisotopic (exact) mass is 424 g/mol. The van der Waals surface area contributed by atoms with Gasteiger partial charge in [0.25, 0.3) is 5.56 Å². The Morgan fingerprint density at radius 3 is 2.33 bits per heavy atom. The van der Waals surface area contributed by atoms with Crippen molar-refractivity contribution in [1.29, 1.82) is 5.26 Å². The second kappa shape index (κ2) is 7.89. The fraction of sp³-hybridized carbons (Fsp3) is 0.0500. The van der Waals surface area contributed by atoms with Crippen LogP contribution in [0.5, 0.6) is 5.75 Å². The Hall–Kier alpha value is -3.37. The van der Waals surface area contributed by atoms with Crippen LogP contribution in [0, 0.1) is 11.3 Å². The molecule has 1 heterocycles. The molecule has 0 radical (unpaired) electrons. The number of aromatic nitrogens is 1. The second-order valence-corrected chi connectivity index (χ2v) is 6.54. The maximum Gasteiger partial charge on any atom is 0.341 e. The number of nitriles is 1. The molecule has 0 saturated carbocycles. The highest BCUT2D eigenvalue weighted by Crippen LogP contribution is 2.28. The molecule has 0 amide bonds. The zero-order valence-corrected chi connectivity index (χ0v) is 15.5. The van der Waals surface area contributed by atoms with Crippen LogP contribution >= 0.6 is 15.9 Å². The molecule has 0 fully saturated rings. The average Bonchev–Trinajstić information content (AvgIpc) is 2.67. The second-order valence-electron chi connectivity index (χ2n) is 5.63. The van der Waals surface area contributed by atoms with Crippen LogP contribution in [0.4, 0.5) is 0 Å². The zero-order chi connectivity index (χ0) is 19.4. The van der Waals surface area contributed by atoms with Crippen molar-refractivity contribution in [2.45, 2.75) is 0 Å². The number of nitrogens with zero attached hydrogens (tertiary/aromatic N) is 1. The van der Waals surface area contributed by atoms with E-state index in [-0.39, 0.29) is 5.56 Å². The largest absolute Gasteiger partial charge is 0.482 e. The normalized spacial score (nSPS) is 10.2. The van der Waals surface area contributed by atoms with Gasteiger partial charge >= 0.3 is 5.97 Å². The molecule has 3 aromatic rings. The number of carboxylic acids is 1. The third kappa shape index (κ3) is 4.25. The molecule has 7 heteroatoms. The third-order valence-electron chi connectivity index (χ3n) is 3.83. The number of pyridine rings is 1. The van der Waals surface area contributed by atoms with E-state index in [4.69, 9.17) is 9.84 Å². The molecule has 0 saturated heterocycles. The summed E-state index contributed by atoms with van der Waals surface area (Å²) in [5.74, 6) is -0.653. The van der Waals surface area contributed by atoms with Crippen molar-refractivity contribution in [2.75, 3.05) is 6.61 Å². The first-order valence-corrected chi connectivity index (χ1v) is 8.65. The topological polar surface area (TPSA) is 103 Å². The van der Waals surface area contributed by atoms with E-state index in [9.17, 15) is 14.9 Å². The Morgan fingerprint density at radius 1 is 1.11 bits per heavy atom. The molecule has 6 nitrogen and oxygen atoms in total. The zero-order valence-electron chi connectivity index (χ0n) is 13.9. The van der Waals surface area contributed by atoms with Gasteiger partial charge in [-0.25, -0.2) is 4.79 Å². The molecular weight excluding hydrogens is 412 g/mol. The van der Waals surface area contributed by atoms with Crippen molar-refractivity contribution >= 4 is 21.9 Å². The van der Waals surface area contributed by atoms with Crippen LogP contribution in [-0.4, -0.2) is 22.7 Å². The summed E-state index contributed by atoms with van der Waals surface area (Å²) in [7, 11) is 0. The molecule has 0 spiro atoms. The average molecular weight is 425 g/mol. The number of carbonyl (C=O) groups is 1. The highest BCUT2D eigenvalue weighted by atomic mass is 79.9. The molecule has 0 aliphatic rings. The van der Waals surface area contributed by atoms with Crippen LogP contribution < -0.4 is 10.3 Å².